The molecule has 5 heterocycles. The number of halogens is 2. The first-order valence-electron chi connectivity index (χ1n) is 13.2. The van der Waals surface area contributed by atoms with Gasteiger partial charge in [0.15, 0.2) is 10.0 Å². The molecule has 2 aliphatic heterocycles. The van der Waals surface area contributed by atoms with Crippen molar-refractivity contribution in [3.63, 3.8) is 0 Å². The molecule has 0 saturated carbocycles. The van der Waals surface area contributed by atoms with Crippen molar-refractivity contribution < 1.29 is 13.6 Å². The number of aromatic nitrogens is 5. The first-order valence-corrected chi connectivity index (χ1v) is 14.0. The van der Waals surface area contributed by atoms with Crippen LogP contribution in [0.25, 0.3) is 10.7 Å². The number of hydrogen-bond donors (Lipinski definition) is 3. The molecule has 3 aromatic rings. The number of anilines is 3. The fraction of sp³-hybridized carbons (Fsp3) is 0.538. The van der Waals surface area contributed by atoms with Crippen LogP contribution in [0, 0.1) is 0 Å². The molecule has 0 spiro atoms. The quantitative estimate of drug-likeness (QED) is 0.330. The molecule has 2 aliphatic rings. The number of rotatable bonds is 9. The molecule has 1 fully saturated rings. The number of piperidine rings is 1. The van der Waals surface area contributed by atoms with E-state index < -0.39 is 11.8 Å². The van der Waals surface area contributed by atoms with Crippen LogP contribution in [0.5, 0.6) is 0 Å². The third-order valence-electron chi connectivity index (χ3n) is 7.20. The van der Waals surface area contributed by atoms with E-state index in [0.29, 0.717) is 22.6 Å². The lowest BCUT2D eigenvalue weighted by Gasteiger charge is -2.35. The minimum absolute atomic E-state index is 0.0792. The Morgan fingerprint density at radius 3 is 2.62 bits per heavy atom. The predicted molar refractivity (Wildman–Crippen MR) is 148 cm³/mol. The van der Waals surface area contributed by atoms with Gasteiger partial charge in [0.1, 0.15) is 23.7 Å². The summed E-state index contributed by atoms with van der Waals surface area (Å²) in [6, 6.07) is 4.15. The van der Waals surface area contributed by atoms with E-state index in [1.54, 1.807) is 0 Å². The highest BCUT2D eigenvalue weighted by Crippen LogP contribution is 2.43. The zero-order chi connectivity index (χ0) is 27.7. The largest absolute Gasteiger partial charge is 0.382 e. The minimum Gasteiger partial charge on any atom is -0.382 e. The van der Waals surface area contributed by atoms with Gasteiger partial charge in [-0.2, -0.15) is 0 Å². The van der Waals surface area contributed by atoms with Crippen LogP contribution in [0.2, 0.25) is 0 Å². The molecular weight excluding hydrogens is 524 g/mol. The Morgan fingerprint density at radius 2 is 1.92 bits per heavy atom. The van der Waals surface area contributed by atoms with Crippen molar-refractivity contribution in [2.45, 2.75) is 64.3 Å². The van der Waals surface area contributed by atoms with Gasteiger partial charge < -0.3 is 20.9 Å². The van der Waals surface area contributed by atoms with Crippen molar-refractivity contribution in [2.75, 3.05) is 41.7 Å². The Bertz CT molecular complexity index is 1340. The van der Waals surface area contributed by atoms with Crippen LogP contribution in [0.1, 0.15) is 69.1 Å². The van der Waals surface area contributed by atoms with Crippen molar-refractivity contribution in [3.8, 4) is 10.7 Å². The van der Waals surface area contributed by atoms with Gasteiger partial charge in [-0.05, 0) is 38.8 Å². The van der Waals surface area contributed by atoms with E-state index in [1.807, 2.05) is 26.0 Å². The van der Waals surface area contributed by atoms with E-state index in [9.17, 15) is 13.6 Å². The average Bonchev–Trinajstić information content (AvgIpc) is 3.50. The molecule has 0 radical (unpaired) electrons. The Morgan fingerprint density at radius 1 is 1.15 bits per heavy atom. The zero-order valence-electron chi connectivity index (χ0n) is 22.5. The molecule has 13 heteroatoms. The summed E-state index contributed by atoms with van der Waals surface area (Å²) >= 11 is 0.868. The number of carbonyl (C=O) groups excluding carboxylic acids is 1. The monoisotopic (exact) mass is 557 g/mol. The highest BCUT2D eigenvalue weighted by Gasteiger charge is 2.43. The second-order valence-corrected chi connectivity index (χ2v) is 11.7. The van der Waals surface area contributed by atoms with E-state index in [0.717, 1.165) is 73.1 Å². The summed E-state index contributed by atoms with van der Waals surface area (Å²) in [5, 5.41) is 17.4. The van der Waals surface area contributed by atoms with Crippen molar-refractivity contribution in [3.05, 3.63) is 34.7 Å². The highest BCUT2D eigenvalue weighted by molar-refractivity contribution is 7.14. The van der Waals surface area contributed by atoms with Gasteiger partial charge in [0.05, 0.1) is 22.4 Å². The molecule has 1 saturated heterocycles. The van der Waals surface area contributed by atoms with Gasteiger partial charge >= 0.3 is 0 Å². The summed E-state index contributed by atoms with van der Waals surface area (Å²) in [4.78, 5) is 28.5. The van der Waals surface area contributed by atoms with E-state index in [2.05, 4.69) is 54.9 Å². The van der Waals surface area contributed by atoms with Crippen LogP contribution in [-0.4, -0.2) is 63.3 Å². The first kappa shape index (κ1) is 27.3. The molecule has 1 amide bonds. The van der Waals surface area contributed by atoms with Gasteiger partial charge in [0, 0.05) is 38.1 Å². The number of fused-ring (bicyclic) bond motifs is 1. The van der Waals surface area contributed by atoms with Crippen molar-refractivity contribution in [1.29, 1.82) is 0 Å². The third-order valence-corrected chi connectivity index (χ3v) is 8.15. The lowest BCUT2D eigenvalue weighted by molar-refractivity contribution is -0.119. The van der Waals surface area contributed by atoms with Gasteiger partial charge in [0.25, 0.3) is 6.43 Å². The molecule has 0 atom stereocenters. The molecule has 0 bridgehead atoms. The van der Waals surface area contributed by atoms with E-state index >= 15 is 0 Å². The fourth-order valence-corrected chi connectivity index (χ4v) is 5.74. The number of alkyl halides is 2. The number of nitrogens with one attached hydrogen (secondary N) is 3. The van der Waals surface area contributed by atoms with Gasteiger partial charge in [-0.15, -0.1) is 10.2 Å². The molecule has 208 valence electrons. The van der Waals surface area contributed by atoms with E-state index in [4.69, 9.17) is 4.98 Å². The lowest BCUT2D eigenvalue weighted by atomic mass is 9.86. The second kappa shape index (κ2) is 11.0. The van der Waals surface area contributed by atoms with Crippen LogP contribution in [0.3, 0.4) is 0 Å². The van der Waals surface area contributed by atoms with Crippen LogP contribution in [0.4, 0.5) is 26.1 Å². The molecule has 3 N–H and O–H groups in total. The maximum absolute atomic E-state index is 13.1. The zero-order valence-corrected chi connectivity index (χ0v) is 23.3. The topological polar surface area (TPSA) is 121 Å². The summed E-state index contributed by atoms with van der Waals surface area (Å²) in [5.41, 5.74) is 2.50. The Hall–Kier alpha value is -3.32. The maximum atomic E-state index is 13.1. The summed E-state index contributed by atoms with van der Waals surface area (Å²) in [5.74, 6) is 1.43. The number of hydrogen-bond acceptors (Lipinski definition) is 10. The molecule has 0 aliphatic carbocycles. The molecule has 5 rings (SSSR count). The van der Waals surface area contributed by atoms with Gasteiger partial charge in [-0.1, -0.05) is 25.2 Å². The van der Waals surface area contributed by atoms with Gasteiger partial charge in [-0.25, -0.2) is 23.7 Å². The Labute approximate surface area is 230 Å². The number of amides is 1. The standard InChI is InChI=1S/C26H33F2N9OS/c1-14(2)29-9-10-30-16-5-6-17(23-35-36-24(39-23)20(27)28)33-19(16)15-7-11-37(12-8-15)22-18-21(31-13-32-22)34-25(38)26(18,3)4/h5-6,13-15,20,29-30H,7-12H2,1-4H3,(H,31,32,34,38). The fourth-order valence-electron chi connectivity index (χ4n) is 5.07. The smallest absolute Gasteiger partial charge is 0.291 e. The molecule has 10 nitrogen and oxygen atoms in total. The van der Waals surface area contributed by atoms with Gasteiger partial charge in [-0.3, -0.25) is 4.79 Å². The van der Waals surface area contributed by atoms with Crippen LogP contribution in [-0.2, 0) is 10.2 Å². The Kier molecular flexibility index (Phi) is 7.72. The maximum Gasteiger partial charge on any atom is 0.291 e. The normalized spacial score (nSPS) is 17.1. The van der Waals surface area contributed by atoms with Crippen LogP contribution < -0.4 is 20.9 Å². The number of nitrogens with zero attached hydrogens (tertiary/aromatic N) is 6. The van der Waals surface area contributed by atoms with E-state index in [-0.39, 0.29) is 16.8 Å². The summed E-state index contributed by atoms with van der Waals surface area (Å²) in [6.07, 6.45) is 0.465. The van der Waals surface area contributed by atoms with Crippen LogP contribution in [0.15, 0.2) is 18.5 Å². The van der Waals surface area contributed by atoms with Gasteiger partial charge in [0.2, 0.25) is 5.91 Å². The molecular formula is C26H33F2N9OS. The first-order chi connectivity index (χ1) is 18.6. The van der Waals surface area contributed by atoms with Crippen molar-refractivity contribution >= 4 is 34.6 Å². The molecule has 3 aromatic heterocycles. The van der Waals surface area contributed by atoms with E-state index in [1.165, 1.54) is 6.33 Å². The predicted octanol–water partition coefficient (Wildman–Crippen LogP) is 4.35. The Balaban J connectivity index is 1.38. The SMILES string of the molecule is CC(C)NCCNc1ccc(-c2nnc(C(F)F)s2)nc1C1CCN(c2ncnc3c2C(C)(C)C(=O)N3)CC1. The third kappa shape index (κ3) is 5.55. The summed E-state index contributed by atoms with van der Waals surface area (Å²) < 4.78 is 26.2. The highest BCUT2D eigenvalue weighted by atomic mass is 32.1. The molecule has 0 aromatic carbocycles. The van der Waals surface area contributed by atoms with Crippen molar-refractivity contribution in [1.82, 2.24) is 30.5 Å². The minimum atomic E-state index is -2.66. The second-order valence-electron chi connectivity index (χ2n) is 10.7. The number of carbonyl (C=O) groups is 1. The van der Waals surface area contributed by atoms with Crippen molar-refractivity contribution in [2.24, 2.45) is 0 Å². The lowest BCUT2D eigenvalue weighted by Crippen LogP contribution is -2.36. The molecule has 0 unspecified atom stereocenters. The summed E-state index contributed by atoms with van der Waals surface area (Å²) in [7, 11) is 0. The number of pyridine rings is 1. The average molecular weight is 558 g/mol. The molecule has 39 heavy (non-hydrogen) atoms. The van der Waals surface area contributed by atoms with Crippen LogP contribution >= 0.6 is 11.3 Å². The summed E-state index contributed by atoms with van der Waals surface area (Å²) in [6.45, 7) is 11.0.